The Kier molecular flexibility index (Phi) is 7.77. The quantitative estimate of drug-likeness (QED) is 0.415. The number of methoxy groups -OCH3 is 2. The summed E-state index contributed by atoms with van der Waals surface area (Å²) < 4.78 is 22.8. The molecule has 1 aliphatic carbocycles. The highest BCUT2D eigenvalue weighted by atomic mass is 35.5. The molecule has 2 aromatic rings. The van der Waals surface area contributed by atoms with Gasteiger partial charge in [-0.25, -0.2) is 5.43 Å². The third-order valence-corrected chi connectivity index (χ3v) is 6.01. The van der Waals surface area contributed by atoms with Gasteiger partial charge >= 0.3 is 5.97 Å². The van der Waals surface area contributed by atoms with Crippen LogP contribution in [-0.4, -0.2) is 44.6 Å². The predicted molar refractivity (Wildman–Crippen MR) is 131 cm³/mol. The number of fused-ring (bicyclic) bond motifs is 1. The molecule has 0 radical (unpaired) electrons. The third-order valence-electron chi connectivity index (χ3n) is 5.77. The summed E-state index contributed by atoms with van der Waals surface area (Å²) in [7, 11) is 3.10. The number of amides is 1. The van der Waals surface area contributed by atoms with Gasteiger partial charge in [-0.15, -0.1) is 0 Å². The van der Waals surface area contributed by atoms with Crippen molar-refractivity contribution >= 4 is 35.0 Å². The van der Waals surface area contributed by atoms with Gasteiger partial charge in [0.05, 0.1) is 27.2 Å². The van der Waals surface area contributed by atoms with Crippen molar-refractivity contribution in [3.63, 3.8) is 0 Å². The Morgan fingerprint density at radius 2 is 1.97 bits per heavy atom. The minimum Gasteiger partial charge on any atom is -0.493 e. The van der Waals surface area contributed by atoms with Crippen LogP contribution in [0.4, 0.5) is 5.69 Å². The average molecular weight is 502 g/mol. The zero-order valence-electron chi connectivity index (χ0n) is 19.8. The number of hydrazone groups is 1. The molecule has 1 aliphatic heterocycles. The highest BCUT2D eigenvalue weighted by Gasteiger charge is 2.35. The van der Waals surface area contributed by atoms with E-state index in [-0.39, 0.29) is 30.7 Å². The molecule has 186 valence electrons. The van der Waals surface area contributed by atoms with Gasteiger partial charge in [-0.3, -0.25) is 9.59 Å². The molecule has 0 aromatic heterocycles. The first-order valence-electron chi connectivity index (χ1n) is 11.4. The Morgan fingerprint density at radius 1 is 1.17 bits per heavy atom. The maximum Gasteiger partial charge on any atom is 0.308 e. The summed E-state index contributed by atoms with van der Waals surface area (Å²) in [6, 6.07) is 10.8. The molecule has 1 amide bonds. The standard InChI is InChI=1S/C25H28ClN3O6/c1-4-34-21(30)13-20-24(28-29-25(31)14-8-9-14)27-18-11-10-15(26)12-17(18)22(35-20)16-6-5-7-19(32-2)23(16)33-3/h5-7,10-12,14,20,22H,4,8-9,13H2,1-3H3,(H,27,28)(H,29,31)/t20?,22-/m1/s1. The smallest absolute Gasteiger partial charge is 0.308 e. The number of para-hydroxylation sites is 1. The third kappa shape index (κ3) is 5.68. The summed E-state index contributed by atoms with van der Waals surface area (Å²) in [4.78, 5) is 24.8. The predicted octanol–water partition coefficient (Wildman–Crippen LogP) is 4.05. The topological polar surface area (TPSA) is 107 Å². The zero-order valence-corrected chi connectivity index (χ0v) is 20.6. The van der Waals surface area contributed by atoms with Crippen LogP contribution in [-0.2, 0) is 19.1 Å². The maximum atomic E-state index is 12.5. The number of anilines is 1. The van der Waals surface area contributed by atoms with Crippen LogP contribution < -0.4 is 20.2 Å². The first kappa shape index (κ1) is 24.8. The summed E-state index contributed by atoms with van der Waals surface area (Å²) in [5, 5.41) is 8.05. The maximum absolute atomic E-state index is 12.5. The van der Waals surface area contributed by atoms with Crippen LogP contribution in [0.5, 0.6) is 11.5 Å². The molecule has 0 bridgehead atoms. The fourth-order valence-corrected chi connectivity index (χ4v) is 4.09. The van der Waals surface area contributed by atoms with Crippen molar-refractivity contribution in [2.75, 3.05) is 26.1 Å². The SMILES string of the molecule is CCOC(=O)CC1O[C@H](c2cccc(OC)c2OC)c2cc(Cl)ccc2N/C1=N\NC(=O)C1CC1. The average Bonchev–Trinajstić information content (AvgIpc) is 3.71. The summed E-state index contributed by atoms with van der Waals surface area (Å²) in [6.07, 6.45) is -0.00506. The number of nitrogens with one attached hydrogen (secondary N) is 2. The van der Waals surface area contributed by atoms with E-state index in [4.69, 9.17) is 30.5 Å². The Bertz CT molecular complexity index is 1130. The first-order valence-corrected chi connectivity index (χ1v) is 11.8. The number of hydrogen-bond acceptors (Lipinski definition) is 7. The second-order valence-electron chi connectivity index (χ2n) is 8.20. The van der Waals surface area contributed by atoms with E-state index in [1.165, 1.54) is 0 Å². The molecule has 1 unspecified atom stereocenters. The van der Waals surface area contributed by atoms with Crippen LogP contribution >= 0.6 is 11.6 Å². The van der Waals surface area contributed by atoms with Gasteiger partial charge in [0.25, 0.3) is 0 Å². The van der Waals surface area contributed by atoms with Crippen LogP contribution in [0.2, 0.25) is 5.02 Å². The van der Waals surface area contributed by atoms with Gasteiger partial charge in [0.15, 0.2) is 17.3 Å². The number of carbonyl (C=O) groups is 2. The molecule has 0 saturated heterocycles. The van der Waals surface area contributed by atoms with Crippen molar-refractivity contribution in [2.45, 2.75) is 38.4 Å². The minimum absolute atomic E-state index is 0.0329. The van der Waals surface area contributed by atoms with Gasteiger partial charge in [-0.1, -0.05) is 23.7 Å². The lowest BCUT2D eigenvalue weighted by Gasteiger charge is -2.24. The van der Waals surface area contributed by atoms with E-state index in [0.29, 0.717) is 33.3 Å². The van der Waals surface area contributed by atoms with Gasteiger partial charge in [-0.2, -0.15) is 5.10 Å². The summed E-state index contributed by atoms with van der Waals surface area (Å²) >= 11 is 6.36. The van der Waals surface area contributed by atoms with Gasteiger partial charge in [0.2, 0.25) is 5.91 Å². The number of benzene rings is 2. The fraction of sp³-hybridized carbons (Fsp3) is 0.400. The second-order valence-corrected chi connectivity index (χ2v) is 8.64. The molecule has 0 spiro atoms. The molecule has 4 rings (SSSR count). The van der Waals surface area contributed by atoms with Crippen LogP contribution in [0, 0.1) is 5.92 Å². The summed E-state index contributed by atoms with van der Waals surface area (Å²) in [5.41, 5.74) is 4.64. The Balaban J connectivity index is 1.80. The summed E-state index contributed by atoms with van der Waals surface area (Å²) in [6.45, 7) is 1.96. The first-order chi connectivity index (χ1) is 16.9. The molecule has 2 atom stereocenters. The number of nitrogens with zero attached hydrogens (tertiary/aromatic N) is 1. The second kappa shape index (κ2) is 11.0. The van der Waals surface area contributed by atoms with Gasteiger partial charge in [0.1, 0.15) is 12.2 Å². The van der Waals surface area contributed by atoms with Gasteiger partial charge in [-0.05, 0) is 44.0 Å². The van der Waals surface area contributed by atoms with E-state index in [1.807, 2.05) is 12.1 Å². The van der Waals surface area contributed by atoms with Crippen molar-refractivity contribution in [1.29, 1.82) is 0 Å². The molecule has 1 fully saturated rings. The lowest BCUT2D eigenvalue weighted by Crippen LogP contribution is -2.35. The van der Waals surface area contributed by atoms with E-state index in [9.17, 15) is 9.59 Å². The molecular formula is C25H28ClN3O6. The van der Waals surface area contributed by atoms with Crippen LogP contribution in [0.25, 0.3) is 0 Å². The van der Waals surface area contributed by atoms with Gasteiger partial charge < -0.3 is 24.3 Å². The molecule has 2 N–H and O–H groups in total. The van der Waals surface area contributed by atoms with Crippen molar-refractivity contribution in [2.24, 2.45) is 11.0 Å². The van der Waals surface area contributed by atoms with E-state index in [0.717, 1.165) is 12.8 Å². The summed E-state index contributed by atoms with van der Waals surface area (Å²) in [5.74, 6) is 0.640. The van der Waals surface area contributed by atoms with Crippen molar-refractivity contribution in [3.8, 4) is 11.5 Å². The Labute approximate surface area is 208 Å². The van der Waals surface area contributed by atoms with E-state index >= 15 is 0 Å². The van der Waals surface area contributed by atoms with E-state index < -0.39 is 18.2 Å². The van der Waals surface area contributed by atoms with Crippen molar-refractivity contribution < 1.29 is 28.5 Å². The fourth-order valence-electron chi connectivity index (χ4n) is 3.91. The minimum atomic E-state index is -0.861. The molecule has 35 heavy (non-hydrogen) atoms. The highest BCUT2D eigenvalue weighted by Crippen LogP contribution is 2.44. The molecular weight excluding hydrogens is 474 g/mol. The number of ether oxygens (including phenoxy) is 4. The van der Waals surface area contributed by atoms with Gasteiger partial charge in [0, 0.05) is 27.8 Å². The van der Waals surface area contributed by atoms with Crippen LogP contribution in [0.3, 0.4) is 0 Å². The Morgan fingerprint density at radius 3 is 2.66 bits per heavy atom. The van der Waals surface area contributed by atoms with Crippen LogP contribution in [0.15, 0.2) is 41.5 Å². The lowest BCUT2D eigenvalue weighted by molar-refractivity contribution is -0.145. The molecule has 1 saturated carbocycles. The van der Waals surface area contributed by atoms with E-state index in [2.05, 4.69) is 15.8 Å². The molecule has 2 aromatic carbocycles. The molecule has 9 nitrogen and oxygen atoms in total. The molecule has 10 heteroatoms. The largest absolute Gasteiger partial charge is 0.493 e. The number of esters is 1. The normalized spacial score (nSPS) is 20.3. The lowest BCUT2D eigenvalue weighted by atomic mass is 9.98. The number of amidine groups is 1. The number of rotatable bonds is 8. The van der Waals surface area contributed by atoms with E-state index in [1.54, 1.807) is 45.4 Å². The zero-order chi connectivity index (χ0) is 24.9. The Hall–Kier alpha value is -3.30. The number of hydrogen-bond donors (Lipinski definition) is 2. The molecule has 1 heterocycles. The van der Waals surface area contributed by atoms with Crippen molar-refractivity contribution in [3.05, 3.63) is 52.5 Å². The number of carbonyl (C=O) groups excluding carboxylic acids is 2. The van der Waals surface area contributed by atoms with Crippen LogP contribution in [0.1, 0.15) is 43.4 Å². The molecule has 2 aliphatic rings. The van der Waals surface area contributed by atoms with Crippen molar-refractivity contribution in [1.82, 2.24) is 5.43 Å². The monoisotopic (exact) mass is 501 g/mol. The number of halogens is 1. The highest BCUT2D eigenvalue weighted by molar-refractivity contribution is 6.30.